The Hall–Kier alpha value is -0.160. The van der Waals surface area contributed by atoms with Gasteiger partial charge in [0.05, 0.1) is 19.3 Å². The average molecular weight is 242 g/mol. The van der Waals surface area contributed by atoms with Crippen LogP contribution in [0, 0.1) is 0 Å². The summed E-state index contributed by atoms with van der Waals surface area (Å²) in [6.45, 7) is 5.31. The van der Waals surface area contributed by atoms with Crippen LogP contribution in [-0.2, 0) is 4.74 Å². The van der Waals surface area contributed by atoms with E-state index in [1.165, 1.54) is 19.3 Å². The number of nitrogens with zero attached hydrogens (tertiary/aromatic N) is 2. The predicted octanol–water partition coefficient (Wildman–Crippen LogP) is 0.554. The lowest BCUT2D eigenvalue weighted by Gasteiger charge is -2.36. The Labute approximate surface area is 105 Å². The lowest BCUT2D eigenvalue weighted by atomic mass is 10.1. The molecule has 0 aliphatic carbocycles. The Morgan fingerprint density at radius 3 is 2.88 bits per heavy atom. The molecule has 0 aromatic rings. The topological polar surface area (TPSA) is 35.9 Å². The Kier molecular flexibility index (Phi) is 5.22. The molecule has 0 radical (unpaired) electrons. The number of ether oxygens (including phenoxy) is 1. The van der Waals surface area contributed by atoms with Crippen molar-refractivity contribution in [1.29, 1.82) is 0 Å². The second kappa shape index (κ2) is 6.69. The normalized spacial score (nSPS) is 33.5. The largest absolute Gasteiger partial charge is 0.395 e. The van der Waals surface area contributed by atoms with Gasteiger partial charge in [0.25, 0.3) is 0 Å². The van der Waals surface area contributed by atoms with Crippen molar-refractivity contribution in [3.63, 3.8) is 0 Å². The zero-order valence-electron chi connectivity index (χ0n) is 11.0. The Morgan fingerprint density at radius 2 is 2.12 bits per heavy atom. The summed E-state index contributed by atoms with van der Waals surface area (Å²) in [6.07, 6.45) is 5.28. The molecule has 0 amide bonds. The van der Waals surface area contributed by atoms with Crippen LogP contribution >= 0.6 is 0 Å². The number of likely N-dealkylation sites (tertiary alicyclic amines) is 1. The minimum atomic E-state index is 0.294. The van der Waals surface area contributed by atoms with Crippen LogP contribution in [0.25, 0.3) is 0 Å². The zero-order valence-corrected chi connectivity index (χ0v) is 11.0. The summed E-state index contributed by atoms with van der Waals surface area (Å²) >= 11 is 0. The van der Waals surface area contributed by atoms with Crippen LogP contribution in [0.4, 0.5) is 0 Å². The van der Waals surface area contributed by atoms with Crippen molar-refractivity contribution >= 4 is 0 Å². The van der Waals surface area contributed by atoms with Gasteiger partial charge in [-0.25, -0.2) is 0 Å². The maximum Gasteiger partial charge on any atom is 0.0829 e. The van der Waals surface area contributed by atoms with Crippen LogP contribution in [0.3, 0.4) is 0 Å². The predicted molar refractivity (Wildman–Crippen MR) is 68.2 cm³/mol. The molecule has 0 spiro atoms. The third-order valence-electron chi connectivity index (χ3n) is 3.99. The summed E-state index contributed by atoms with van der Waals surface area (Å²) < 4.78 is 5.82. The Balaban J connectivity index is 1.85. The van der Waals surface area contributed by atoms with Crippen LogP contribution in [0.2, 0.25) is 0 Å². The van der Waals surface area contributed by atoms with Gasteiger partial charge in [0, 0.05) is 25.7 Å². The van der Waals surface area contributed by atoms with E-state index in [2.05, 4.69) is 16.8 Å². The molecule has 2 heterocycles. The summed E-state index contributed by atoms with van der Waals surface area (Å²) in [4.78, 5) is 4.77. The highest BCUT2D eigenvalue weighted by Crippen LogP contribution is 2.18. The maximum absolute atomic E-state index is 9.48. The monoisotopic (exact) mass is 242 g/mol. The molecule has 100 valence electrons. The van der Waals surface area contributed by atoms with Crippen molar-refractivity contribution in [3.05, 3.63) is 0 Å². The van der Waals surface area contributed by atoms with Gasteiger partial charge in [-0.2, -0.15) is 0 Å². The number of morpholine rings is 1. The van der Waals surface area contributed by atoms with E-state index in [0.717, 1.165) is 39.2 Å². The molecule has 2 unspecified atom stereocenters. The second-order valence-corrected chi connectivity index (χ2v) is 5.44. The third kappa shape index (κ3) is 3.91. The SMILES string of the molecule is CN1CCOC(CN2CCCCCC2CO)C1. The van der Waals surface area contributed by atoms with Gasteiger partial charge in [0.1, 0.15) is 0 Å². The van der Waals surface area contributed by atoms with Crippen LogP contribution in [0.1, 0.15) is 25.7 Å². The van der Waals surface area contributed by atoms with Crippen molar-refractivity contribution in [2.45, 2.75) is 37.8 Å². The smallest absolute Gasteiger partial charge is 0.0829 e. The van der Waals surface area contributed by atoms with Crippen molar-refractivity contribution in [1.82, 2.24) is 9.80 Å². The van der Waals surface area contributed by atoms with Gasteiger partial charge in [-0.05, 0) is 26.4 Å². The van der Waals surface area contributed by atoms with Gasteiger partial charge in [0.15, 0.2) is 0 Å². The second-order valence-electron chi connectivity index (χ2n) is 5.44. The molecular weight excluding hydrogens is 216 g/mol. The van der Waals surface area contributed by atoms with Gasteiger partial charge in [0.2, 0.25) is 0 Å². The molecule has 2 saturated heterocycles. The standard InChI is InChI=1S/C13H26N2O2/c1-14-7-8-17-13(9-14)10-15-6-4-2-3-5-12(15)11-16/h12-13,16H,2-11H2,1H3. The van der Waals surface area contributed by atoms with E-state index in [4.69, 9.17) is 4.74 Å². The molecule has 1 N–H and O–H groups in total. The number of likely N-dealkylation sites (N-methyl/N-ethyl adjacent to an activating group) is 1. The first kappa shape index (κ1) is 13.3. The number of aliphatic hydroxyl groups excluding tert-OH is 1. The first-order chi connectivity index (χ1) is 8.29. The van der Waals surface area contributed by atoms with E-state index in [0.29, 0.717) is 18.8 Å². The molecule has 0 bridgehead atoms. The fraction of sp³-hybridized carbons (Fsp3) is 1.00. The molecule has 2 fully saturated rings. The van der Waals surface area contributed by atoms with Crippen LogP contribution in [0.5, 0.6) is 0 Å². The minimum absolute atomic E-state index is 0.294. The maximum atomic E-state index is 9.48. The van der Waals surface area contributed by atoms with Crippen molar-refractivity contribution in [2.24, 2.45) is 0 Å². The van der Waals surface area contributed by atoms with E-state index in [9.17, 15) is 5.11 Å². The van der Waals surface area contributed by atoms with Gasteiger partial charge >= 0.3 is 0 Å². The zero-order chi connectivity index (χ0) is 12.1. The fourth-order valence-electron chi connectivity index (χ4n) is 2.92. The van der Waals surface area contributed by atoms with Gasteiger partial charge in [-0.3, -0.25) is 4.90 Å². The summed E-state index contributed by atoms with van der Waals surface area (Å²) in [5, 5.41) is 9.48. The number of aliphatic hydroxyl groups is 1. The van der Waals surface area contributed by atoms with Gasteiger partial charge in [-0.15, -0.1) is 0 Å². The Bertz CT molecular complexity index is 225. The molecule has 4 nitrogen and oxygen atoms in total. The van der Waals surface area contributed by atoms with Crippen LogP contribution in [-0.4, -0.2) is 73.5 Å². The molecule has 2 aliphatic heterocycles. The lowest BCUT2D eigenvalue weighted by Crippen LogP contribution is -2.49. The van der Waals surface area contributed by atoms with Crippen molar-refractivity contribution in [3.8, 4) is 0 Å². The summed E-state index contributed by atoms with van der Waals surface area (Å²) in [6, 6.07) is 0.355. The summed E-state index contributed by atoms with van der Waals surface area (Å²) in [5.41, 5.74) is 0. The third-order valence-corrected chi connectivity index (χ3v) is 3.99. The molecule has 17 heavy (non-hydrogen) atoms. The van der Waals surface area contributed by atoms with Gasteiger partial charge < -0.3 is 14.7 Å². The molecule has 2 aliphatic rings. The first-order valence-corrected chi connectivity index (χ1v) is 6.94. The van der Waals surface area contributed by atoms with E-state index in [1.807, 2.05) is 0 Å². The van der Waals surface area contributed by atoms with E-state index < -0.39 is 0 Å². The number of hydrogen-bond acceptors (Lipinski definition) is 4. The molecule has 0 aromatic heterocycles. The van der Waals surface area contributed by atoms with Gasteiger partial charge in [-0.1, -0.05) is 12.8 Å². The fourth-order valence-corrected chi connectivity index (χ4v) is 2.92. The van der Waals surface area contributed by atoms with Crippen LogP contribution < -0.4 is 0 Å². The van der Waals surface area contributed by atoms with Crippen LogP contribution in [0.15, 0.2) is 0 Å². The highest BCUT2D eigenvalue weighted by atomic mass is 16.5. The van der Waals surface area contributed by atoms with E-state index >= 15 is 0 Å². The van der Waals surface area contributed by atoms with Crippen molar-refractivity contribution in [2.75, 3.05) is 46.4 Å². The quantitative estimate of drug-likeness (QED) is 0.784. The highest BCUT2D eigenvalue weighted by molar-refractivity contribution is 4.80. The molecule has 0 aromatic carbocycles. The summed E-state index contributed by atoms with van der Waals surface area (Å²) in [7, 11) is 2.15. The Morgan fingerprint density at radius 1 is 1.24 bits per heavy atom. The minimum Gasteiger partial charge on any atom is -0.395 e. The highest BCUT2D eigenvalue weighted by Gasteiger charge is 2.25. The van der Waals surface area contributed by atoms with E-state index in [-0.39, 0.29) is 0 Å². The molecule has 2 rings (SSSR count). The summed E-state index contributed by atoms with van der Waals surface area (Å²) in [5.74, 6) is 0. The number of rotatable bonds is 3. The first-order valence-electron chi connectivity index (χ1n) is 6.94. The lowest BCUT2D eigenvalue weighted by molar-refractivity contribution is -0.0443. The average Bonchev–Trinajstić information content (AvgIpc) is 2.54. The van der Waals surface area contributed by atoms with Crippen molar-refractivity contribution < 1.29 is 9.84 Å². The molecule has 2 atom stereocenters. The number of hydrogen-bond donors (Lipinski definition) is 1. The molecular formula is C13H26N2O2. The molecule has 4 heteroatoms. The van der Waals surface area contributed by atoms with E-state index in [1.54, 1.807) is 0 Å². The molecule has 0 saturated carbocycles.